The molecule has 5 heteroatoms. The van der Waals surface area contributed by atoms with Gasteiger partial charge in [0, 0.05) is 23.1 Å². The van der Waals surface area contributed by atoms with Crippen molar-refractivity contribution in [1.29, 1.82) is 0 Å². The maximum atomic E-state index is 5.78. The topological polar surface area (TPSA) is 93.6 Å². The number of fused-ring (bicyclic) bond motifs is 1. The number of H-pyrrole nitrogens is 1. The van der Waals surface area contributed by atoms with Crippen LogP contribution in [0.1, 0.15) is 5.56 Å². The second-order valence-electron chi connectivity index (χ2n) is 4.36. The molecule has 0 saturated heterocycles. The van der Waals surface area contributed by atoms with Crippen molar-refractivity contribution < 1.29 is 0 Å². The average molecular weight is 239 g/mol. The van der Waals surface area contributed by atoms with Crippen LogP contribution >= 0.6 is 0 Å². The molecule has 1 aromatic carbocycles. The van der Waals surface area contributed by atoms with Gasteiger partial charge in [-0.15, -0.1) is 0 Å². The number of nitrogen functional groups attached to an aromatic ring is 2. The maximum absolute atomic E-state index is 5.78. The lowest BCUT2D eigenvalue weighted by atomic mass is 10.1. The van der Waals surface area contributed by atoms with Gasteiger partial charge in [-0.25, -0.2) is 9.97 Å². The van der Waals surface area contributed by atoms with Crippen molar-refractivity contribution in [3.8, 4) is 11.4 Å². The number of pyridine rings is 1. The quantitative estimate of drug-likeness (QED) is 0.567. The number of hydrogen-bond acceptors (Lipinski definition) is 4. The fourth-order valence-corrected chi connectivity index (χ4v) is 1.95. The summed E-state index contributed by atoms with van der Waals surface area (Å²) in [6.07, 6.45) is 1.79. The zero-order valence-electron chi connectivity index (χ0n) is 9.94. The van der Waals surface area contributed by atoms with Gasteiger partial charge >= 0.3 is 0 Å². The number of nitrogens with zero attached hydrogens (tertiary/aromatic N) is 2. The molecule has 18 heavy (non-hydrogen) atoms. The van der Waals surface area contributed by atoms with Crippen molar-refractivity contribution >= 4 is 22.5 Å². The molecule has 0 bridgehead atoms. The predicted octanol–water partition coefficient (Wildman–Crippen LogP) is 2.10. The molecule has 3 rings (SSSR count). The molecule has 0 aliphatic rings. The van der Waals surface area contributed by atoms with Gasteiger partial charge in [0.1, 0.15) is 5.82 Å². The van der Waals surface area contributed by atoms with Gasteiger partial charge in [-0.3, -0.25) is 0 Å². The number of anilines is 2. The molecule has 0 aliphatic carbocycles. The number of nitrogens with two attached hydrogens (primary N) is 2. The lowest BCUT2D eigenvalue weighted by Crippen LogP contribution is -1.92. The van der Waals surface area contributed by atoms with Crippen molar-refractivity contribution in [2.24, 2.45) is 0 Å². The maximum Gasteiger partial charge on any atom is 0.178 e. The third-order valence-electron chi connectivity index (χ3n) is 2.73. The van der Waals surface area contributed by atoms with E-state index in [0.29, 0.717) is 17.0 Å². The van der Waals surface area contributed by atoms with Crippen LogP contribution in [0.15, 0.2) is 30.5 Å². The van der Waals surface area contributed by atoms with Gasteiger partial charge in [0.15, 0.2) is 5.65 Å². The van der Waals surface area contributed by atoms with E-state index >= 15 is 0 Å². The molecule has 0 unspecified atom stereocenters. The molecule has 2 heterocycles. The van der Waals surface area contributed by atoms with Crippen LogP contribution in [-0.4, -0.2) is 15.0 Å². The summed E-state index contributed by atoms with van der Waals surface area (Å²) in [5.41, 5.74) is 16.3. The summed E-state index contributed by atoms with van der Waals surface area (Å²) in [6.45, 7) is 1.99. The standard InChI is InChI=1S/C13H13N5/c1-7-2-11-13(16-6-7)18-12(17-11)8-3-9(14)5-10(15)4-8/h2-6H,14-15H2,1H3,(H,16,17,18). The van der Waals surface area contributed by atoms with Gasteiger partial charge < -0.3 is 16.5 Å². The molecule has 0 radical (unpaired) electrons. The van der Waals surface area contributed by atoms with Crippen molar-refractivity contribution in [3.05, 3.63) is 36.0 Å². The molecule has 0 atom stereocenters. The van der Waals surface area contributed by atoms with Gasteiger partial charge in [0.2, 0.25) is 0 Å². The van der Waals surface area contributed by atoms with E-state index in [1.807, 2.05) is 25.1 Å². The zero-order chi connectivity index (χ0) is 12.7. The van der Waals surface area contributed by atoms with Gasteiger partial charge in [-0.05, 0) is 36.8 Å². The zero-order valence-corrected chi connectivity index (χ0v) is 9.94. The Morgan fingerprint density at radius 3 is 2.50 bits per heavy atom. The highest BCUT2D eigenvalue weighted by molar-refractivity contribution is 5.78. The van der Waals surface area contributed by atoms with E-state index < -0.39 is 0 Å². The Bertz CT molecular complexity index is 709. The first-order valence-electron chi connectivity index (χ1n) is 5.60. The second kappa shape index (κ2) is 3.73. The largest absolute Gasteiger partial charge is 0.399 e. The van der Waals surface area contributed by atoms with Crippen molar-refractivity contribution in [3.63, 3.8) is 0 Å². The minimum Gasteiger partial charge on any atom is -0.399 e. The number of aryl methyl sites for hydroxylation is 1. The molecule has 0 fully saturated rings. The van der Waals surface area contributed by atoms with Crippen LogP contribution in [0, 0.1) is 6.92 Å². The average Bonchev–Trinajstić information content (AvgIpc) is 2.70. The molecular weight excluding hydrogens is 226 g/mol. The lowest BCUT2D eigenvalue weighted by molar-refractivity contribution is 1.28. The molecule has 5 N–H and O–H groups in total. The summed E-state index contributed by atoms with van der Waals surface area (Å²) in [7, 11) is 0. The Morgan fingerprint density at radius 1 is 1.06 bits per heavy atom. The summed E-state index contributed by atoms with van der Waals surface area (Å²) < 4.78 is 0. The van der Waals surface area contributed by atoms with Crippen LogP contribution in [0.5, 0.6) is 0 Å². The number of benzene rings is 1. The fourth-order valence-electron chi connectivity index (χ4n) is 1.95. The molecule has 0 saturated carbocycles. The van der Waals surface area contributed by atoms with Gasteiger partial charge in [-0.1, -0.05) is 0 Å². The molecule has 5 nitrogen and oxygen atoms in total. The summed E-state index contributed by atoms with van der Waals surface area (Å²) in [4.78, 5) is 11.9. The third kappa shape index (κ3) is 1.75. The fraction of sp³-hybridized carbons (Fsp3) is 0.0769. The summed E-state index contributed by atoms with van der Waals surface area (Å²) in [5, 5.41) is 0. The molecule has 0 amide bonds. The van der Waals surface area contributed by atoms with Gasteiger partial charge in [-0.2, -0.15) is 0 Å². The number of hydrogen-bond donors (Lipinski definition) is 3. The molecular formula is C13H13N5. The van der Waals surface area contributed by atoms with E-state index in [1.165, 1.54) is 0 Å². The summed E-state index contributed by atoms with van der Waals surface area (Å²) in [5.74, 6) is 0.724. The molecule has 0 aliphatic heterocycles. The molecule has 2 aromatic heterocycles. The van der Waals surface area contributed by atoms with Crippen LogP contribution in [-0.2, 0) is 0 Å². The highest BCUT2D eigenvalue weighted by Gasteiger charge is 2.07. The number of aromatic nitrogens is 3. The van der Waals surface area contributed by atoms with Gasteiger partial charge in [0.25, 0.3) is 0 Å². The second-order valence-corrected chi connectivity index (χ2v) is 4.36. The molecule has 90 valence electrons. The van der Waals surface area contributed by atoms with E-state index in [0.717, 1.165) is 22.5 Å². The van der Waals surface area contributed by atoms with E-state index in [1.54, 1.807) is 12.3 Å². The highest BCUT2D eigenvalue weighted by atomic mass is 15.0. The first-order chi connectivity index (χ1) is 8.61. The first-order valence-corrected chi connectivity index (χ1v) is 5.60. The SMILES string of the molecule is Cc1cnc2nc(-c3cc(N)cc(N)c3)[nH]c2c1. The number of aromatic amines is 1. The minimum atomic E-state index is 0.620. The lowest BCUT2D eigenvalue weighted by Gasteiger charge is -2.01. The van der Waals surface area contributed by atoms with Crippen LogP contribution < -0.4 is 11.5 Å². The number of imidazole rings is 1. The minimum absolute atomic E-state index is 0.620. The monoisotopic (exact) mass is 239 g/mol. The Labute approximate surface area is 104 Å². The van der Waals surface area contributed by atoms with Gasteiger partial charge in [0.05, 0.1) is 5.52 Å². The molecule has 3 aromatic rings. The molecule has 0 spiro atoms. The van der Waals surface area contributed by atoms with Crippen LogP contribution in [0.25, 0.3) is 22.6 Å². The van der Waals surface area contributed by atoms with E-state index in [4.69, 9.17) is 11.5 Å². The number of nitrogens with one attached hydrogen (secondary N) is 1. The van der Waals surface area contributed by atoms with Crippen LogP contribution in [0.4, 0.5) is 11.4 Å². The third-order valence-corrected chi connectivity index (χ3v) is 2.73. The van der Waals surface area contributed by atoms with Crippen LogP contribution in [0.3, 0.4) is 0 Å². The highest BCUT2D eigenvalue weighted by Crippen LogP contribution is 2.24. The van der Waals surface area contributed by atoms with E-state index in [2.05, 4.69) is 15.0 Å². The van der Waals surface area contributed by atoms with Crippen molar-refractivity contribution in [2.75, 3.05) is 11.5 Å². The Hall–Kier alpha value is -2.56. The predicted molar refractivity (Wildman–Crippen MR) is 72.9 cm³/mol. The number of rotatable bonds is 1. The first kappa shape index (κ1) is 10.6. The van der Waals surface area contributed by atoms with E-state index in [-0.39, 0.29) is 0 Å². The Kier molecular flexibility index (Phi) is 2.19. The normalized spacial score (nSPS) is 10.9. The summed E-state index contributed by atoms with van der Waals surface area (Å²) in [6, 6.07) is 7.39. The summed E-state index contributed by atoms with van der Waals surface area (Å²) >= 11 is 0. The van der Waals surface area contributed by atoms with Crippen molar-refractivity contribution in [1.82, 2.24) is 15.0 Å². The Balaban J connectivity index is 2.19. The van der Waals surface area contributed by atoms with E-state index in [9.17, 15) is 0 Å². The van der Waals surface area contributed by atoms with Crippen molar-refractivity contribution in [2.45, 2.75) is 6.92 Å². The van der Waals surface area contributed by atoms with Crippen LogP contribution in [0.2, 0.25) is 0 Å². The smallest absolute Gasteiger partial charge is 0.178 e. The Morgan fingerprint density at radius 2 is 1.78 bits per heavy atom.